The number of alkyl halides is 3. The highest BCUT2D eigenvalue weighted by atomic mass is 19.4. The Morgan fingerprint density at radius 1 is 1.03 bits per heavy atom. The summed E-state index contributed by atoms with van der Waals surface area (Å²) in [6.07, 6.45) is -5.49. The van der Waals surface area contributed by atoms with Crippen LogP contribution in [0.3, 0.4) is 0 Å². The summed E-state index contributed by atoms with van der Waals surface area (Å²) in [5.74, 6) is -0.824. The average Bonchev–Trinajstić information content (AvgIpc) is 2.79. The first-order valence-corrected chi connectivity index (χ1v) is 10.3. The van der Waals surface area contributed by atoms with Gasteiger partial charge in [-0.2, -0.15) is 13.2 Å². The Labute approximate surface area is 197 Å². The maximum atomic E-state index is 12.7. The van der Waals surface area contributed by atoms with E-state index in [4.69, 9.17) is 16.2 Å². The summed E-state index contributed by atoms with van der Waals surface area (Å²) in [4.78, 5) is 31.7. The van der Waals surface area contributed by atoms with Crippen LogP contribution in [0.2, 0.25) is 0 Å². The van der Waals surface area contributed by atoms with Crippen LogP contribution in [-0.2, 0) is 17.5 Å². The molecule has 2 unspecified atom stereocenters. The van der Waals surface area contributed by atoms with E-state index in [0.717, 1.165) is 12.1 Å². The summed E-state index contributed by atoms with van der Waals surface area (Å²) in [6, 6.07) is 10.9. The molecule has 35 heavy (non-hydrogen) atoms. The molecule has 9 nitrogen and oxygen atoms in total. The van der Waals surface area contributed by atoms with Crippen LogP contribution < -0.4 is 21.5 Å². The minimum Gasteiger partial charge on any atom is -0.457 e. The first-order valence-electron chi connectivity index (χ1n) is 10.3. The van der Waals surface area contributed by atoms with Gasteiger partial charge in [-0.1, -0.05) is 0 Å². The van der Waals surface area contributed by atoms with Crippen LogP contribution in [-0.4, -0.2) is 39.0 Å². The first-order chi connectivity index (χ1) is 16.4. The smallest absolute Gasteiger partial charge is 0.416 e. The van der Waals surface area contributed by atoms with Crippen molar-refractivity contribution in [2.45, 2.75) is 31.8 Å². The van der Waals surface area contributed by atoms with Crippen molar-refractivity contribution in [3.05, 3.63) is 71.5 Å². The molecule has 0 fully saturated rings. The number of aromatic nitrogens is 2. The molecule has 0 bridgehead atoms. The summed E-state index contributed by atoms with van der Waals surface area (Å²) in [6.45, 7) is 1.39. The molecule has 0 aliphatic carbocycles. The van der Waals surface area contributed by atoms with Crippen molar-refractivity contribution in [1.82, 2.24) is 15.3 Å². The molecule has 0 spiro atoms. The number of amides is 2. The zero-order valence-electron chi connectivity index (χ0n) is 18.4. The molecule has 2 amide bonds. The van der Waals surface area contributed by atoms with E-state index in [-0.39, 0.29) is 23.8 Å². The standard InChI is InChI=1S/C23H22F3N5O4/c1-12(32)19(21(28)34)29-11-15-10-18(20(27)33)31-22(30-15)13-2-6-16(7-3-13)35-17-8-4-14(5-9-17)23(24,25)26/h2-10,12,19,29,32H,11H2,1H3,(H2,27,33)(H2,28,34). The van der Waals surface area contributed by atoms with Crippen LogP contribution in [0.25, 0.3) is 11.4 Å². The van der Waals surface area contributed by atoms with Gasteiger partial charge < -0.3 is 21.3 Å². The molecular weight excluding hydrogens is 467 g/mol. The number of rotatable bonds is 9. The van der Waals surface area contributed by atoms with Crippen LogP contribution in [0, 0.1) is 0 Å². The minimum atomic E-state index is -4.44. The van der Waals surface area contributed by atoms with Gasteiger partial charge in [0.25, 0.3) is 5.91 Å². The van der Waals surface area contributed by atoms with E-state index < -0.39 is 35.7 Å². The van der Waals surface area contributed by atoms with E-state index in [1.165, 1.54) is 25.1 Å². The number of aliphatic hydroxyl groups is 1. The van der Waals surface area contributed by atoms with Crippen LogP contribution >= 0.6 is 0 Å². The number of carbonyl (C=O) groups excluding carboxylic acids is 2. The number of aliphatic hydroxyl groups excluding tert-OH is 1. The summed E-state index contributed by atoms with van der Waals surface area (Å²) in [5, 5.41) is 12.5. The summed E-state index contributed by atoms with van der Waals surface area (Å²) >= 11 is 0. The van der Waals surface area contributed by atoms with Crippen molar-refractivity contribution in [1.29, 1.82) is 0 Å². The summed E-state index contributed by atoms with van der Waals surface area (Å²) in [7, 11) is 0. The number of nitrogens with two attached hydrogens (primary N) is 2. The van der Waals surface area contributed by atoms with Crippen molar-refractivity contribution in [3.63, 3.8) is 0 Å². The fourth-order valence-electron chi connectivity index (χ4n) is 3.09. The lowest BCUT2D eigenvalue weighted by molar-refractivity contribution is -0.137. The van der Waals surface area contributed by atoms with E-state index >= 15 is 0 Å². The third-order valence-corrected chi connectivity index (χ3v) is 4.85. The molecule has 0 aliphatic rings. The second kappa shape index (κ2) is 10.5. The van der Waals surface area contributed by atoms with Crippen molar-refractivity contribution >= 4 is 11.8 Å². The maximum Gasteiger partial charge on any atom is 0.416 e. The fraction of sp³-hybridized carbons (Fsp3) is 0.217. The molecule has 0 aliphatic heterocycles. The third-order valence-electron chi connectivity index (χ3n) is 4.85. The van der Waals surface area contributed by atoms with E-state index in [2.05, 4.69) is 15.3 Å². The van der Waals surface area contributed by atoms with Gasteiger partial charge in [0.05, 0.1) is 17.4 Å². The Bertz CT molecular complexity index is 1200. The third kappa shape index (κ3) is 6.74. The SMILES string of the molecule is CC(O)C(NCc1cc(C(N)=O)nc(-c2ccc(Oc3ccc(C(F)(F)F)cc3)cc2)n1)C(N)=O. The van der Waals surface area contributed by atoms with Gasteiger partial charge >= 0.3 is 6.18 Å². The fourth-order valence-corrected chi connectivity index (χ4v) is 3.09. The van der Waals surface area contributed by atoms with E-state index in [1.54, 1.807) is 24.3 Å². The normalized spacial score (nSPS) is 13.2. The molecule has 12 heteroatoms. The zero-order chi connectivity index (χ0) is 25.8. The van der Waals surface area contributed by atoms with Gasteiger partial charge in [0.1, 0.15) is 23.2 Å². The molecular formula is C23H22F3N5O4. The van der Waals surface area contributed by atoms with Gasteiger partial charge in [0.15, 0.2) is 5.82 Å². The van der Waals surface area contributed by atoms with Crippen LogP contribution in [0.4, 0.5) is 13.2 Å². The van der Waals surface area contributed by atoms with Crippen molar-refractivity contribution < 1.29 is 32.6 Å². The lowest BCUT2D eigenvalue weighted by atomic mass is 10.1. The van der Waals surface area contributed by atoms with Crippen LogP contribution in [0.15, 0.2) is 54.6 Å². The predicted molar refractivity (Wildman–Crippen MR) is 119 cm³/mol. The first kappa shape index (κ1) is 25.6. The lowest BCUT2D eigenvalue weighted by Crippen LogP contribution is -2.48. The minimum absolute atomic E-state index is 0.0105. The molecule has 1 heterocycles. The van der Waals surface area contributed by atoms with Gasteiger partial charge in [0, 0.05) is 12.1 Å². The number of nitrogens with one attached hydrogen (secondary N) is 1. The highest BCUT2D eigenvalue weighted by molar-refractivity contribution is 5.91. The van der Waals surface area contributed by atoms with E-state index in [0.29, 0.717) is 17.0 Å². The van der Waals surface area contributed by atoms with Crippen LogP contribution in [0.5, 0.6) is 11.5 Å². The summed E-state index contributed by atoms with van der Waals surface area (Å²) in [5.41, 5.74) is 10.6. The highest BCUT2D eigenvalue weighted by Crippen LogP contribution is 2.31. The van der Waals surface area contributed by atoms with Gasteiger partial charge in [-0.05, 0) is 61.5 Å². The van der Waals surface area contributed by atoms with Gasteiger partial charge in [-0.25, -0.2) is 9.97 Å². The Morgan fingerprint density at radius 2 is 1.60 bits per heavy atom. The molecule has 6 N–H and O–H groups in total. The number of nitrogens with zero attached hydrogens (tertiary/aromatic N) is 2. The maximum absolute atomic E-state index is 12.7. The molecule has 2 atom stereocenters. The summed E-state index contributed by atoms with van der Waals surface area (Å²) < 4.78 is 43.7. The van der Waals surface area contributed by atoms with E-state index in [1.807, 2.05) is 0 Å². The number of carbonyl (C=O) groups is 2. The largest absolute Gasteiger partial charge is 0.457 e. The monoisotopic (exact) mass is 489 g/mol. The van der Waals surface area contributed by atoms with E-state index in [9.17, 15) is 27.9 Å². The quantitative estimate of drug-likeness (QED) is 0.360. The number of hydrogen-bond donors (Lipinski definition) is 4. The number of halogens is 3. The molecule has 2 aromatic carbocycles. The average molecular weight is 489 g/mol. The van der Waals surface area contributed by atoms with Gasteiger partial charge in [-0.15, -0.1) is 0 Å². The van der Waals surface area contributed by atoms with Crippen molar-refractivity contribution in [3.8, 4) is 22.9 Å². The topological polar surface area (TPSA) is 153 Å². The number of benzene rings is 2. The number of hydrogen-bond acceptors (Lipinski definition) is 7. The molecule has 1 aromatic heterocycles. The second-order valence-corrected chi connectivity index (χ2v) is 7.58. The van der Waals surface area contributed by atoms with Crippen molar-refractivity contribution in [2.24, 2.45) is 11.5 Å². The molecule has 3 aromatic rings. The molecule has 0 saturated carbocycles. The van der Waals surface area contributed by atoms with Crippen molar-refractivity contribution in [2.75, 3.05) is 0 Å². The Kier molecular flexibility index (Phi) is 7.67. The Morgan fingerprint density at radius 3 is 2.09 bits per heavy atom. The number of ether oxygens (including phenoxy) is 1. The van der Waals surface area contributed by atoms with Gasteiger partial charge in [-0.3, -0.25) is 14.9 Å². The highest BCUT2D eigenvalue weighted by Gasteiger charge is 2.30. The van der Waals surface area contributed by atoms with Crippen LogP contribution in [0.1, 0.15) is 28.7 Å². The molecule has 184 valence electrons. The number of primary amides is 2. The molecule has 0 radical (unpaired) electrons. The molecule has 3 rings (SSSR count). The Balaban J connectivity index is 1.79. The molecule has 0 saturated heterocycles. The lowest BCUT2D eigenvalue weighted by Gasteiger charge is -2.18. The zero-order valence-corrected chi connectivity index (χ0v) is 18.4. The van der Waals surface area contributed by atoms with Gasteiger partial charge in [0.2, 0.25) is 5.91 Å². The second-order valence-electron chi connectivity index (χ2n) is 7.58. The Hall–Kier alpha value is -4.03. The predicted octanol–water partition coefficient (Wildman–Crippen LogP) is 2.38.